The van der Waals surface area contributed by atoms with Crippen LogP contribution in [0, 0.1) is 21.1 Å². The summed E-state index contributed by atoms with van der Waals surface area (Å²) in [5.74, 6) is -0.454. The normalized spacial score (nSPS) is 23.4. The van der Waals surface area contributed by atoms with Crippen molar-refractivity contribution in [3.63, 3.8) is 0 Å². The molecule has 1 aromatic rings. The first kappa shape index (κ1) is 17.1. The summed E-state index contributed by atoms with van der Waals surface area (Å²) in [6.45, 7) is 3.87. The summed E-state index contributed by atoms with van der Waals surface area (Å²) in [5, 5.41) is 0. The molecule has 0 saturated carbocycles. The summed E-state index contributed by atoms with van der Waals surface area (Å²) >= 11 is 1.89. The van der Waals surface area contributed by atoms with Gasteiger partial charge in [0.05, 0.1) is 0 Å². The Morgan fingerprint density at radius 3 is 2.68 bits per heavy atom. The van der Waals surface area contributed by atoms with Crippen molar-refractivity contribution < 1.29 is 8.78 Å². The molecule has 1 aromatic carbocycles. The smallest absolute Gasteiger partial charge is 0.143 e. The number of hydrogen-bond donors (Lipinski definition) is 1. The van der Waals surface area contributed by atoms with Gasteiger partial charge in [0, 0.05) is 28.3 Å². The zero-order valence-electron chi connectivity index (χ0n) is 10.7. The molecule has 6 heteroatoms. The van der Waals surface area contributed by atoms with E-state index in [1.165, 1.54) is 12.1 Å². The first-order valence-corrected chi connectivity index (χ1v) is 7.17. The Morgan fingerprint density at radius 2 is 2.11 bits per heavy atom. The topological polar surface area (TPSA) is 29.3 Å². The Kier molecular flexibility index (Phi) is 6.42. The second-order valence-corrected chi connectivity index (χ2v) is 6.10. The van der Waals surface area contributed by atoms with Gasteiger partial charge in [0.15, 0.2) is 0 Å². The van der Waals surface area contributed by atoms with Crippen LogP contribution >= 0.6 is 35.0 Å². The van der Waals surface area contributed by atoms with Crippen molar-refractivity contribution in [3.05, 3.63) is 32.9 Å². The van der Waals surface area contributed by atoms with Crippen molar-refractivity contribution in [2.24, 2.45) is 11.7 Å². The third-order valence-electron chi connectivity index (χ3n) is 3.62. The van der Waals surface area contributed by atoms with Crippen LogP contribution < -0.4 is 5.73 Å². The van der Waals surface area contributed by atoms with Gasteiger partial charge in [-0.25, -0.2) is 8.78 Å². The van der Waals surface area contributed by atoms with Crippen LogP contribution in [-0.2, 0) is 6.54 Å². The molecule has 0 spiro atoms. The second kappa shape index (κ2) is 7.15. The van der Waals surface area contributed by atoms with Crippen LogP contribution in [0.25, 0.3) is 0 Å². The van der Waals surface area contributed by atoms with Gasteiger partial charge in [0.2, 0.25) is 0 Å². The lowest BCUT2D eigenvalue weighted by Gasteiger charge is -2.21. The van der Waals surface area contributed by atoms with Gasteiger partial charge in [0.1, 0.15) is 11.6 Å². The van der Waals surface area contributed by atoms with Crippen LogP contribution in [0.5, 0.6) is 0 Å². The molecule has 0 aromatic heterocycles. The minimum Gasteiger partial charge on any atom is -0.330 e. The Bertz CT molecular complexity index is 445. The van der Waals surface area contributed by atoms with Crippen molar-refractivity contribution >= 4 is 35.0 Å². The number of halogens is 4. The molecule has 2 nitrogen and oxygen atoms in total. The molecule has 1 aliphatic rings. The molecule has 2 rings (SSSR count). The van der Waals surface area contributed by atoms with Gasteiger partial charge in [-0.1, -0.05) is 0 Å². The van der Waals surface area contributed by atoms with E-state index in [1.807, 2.05) is 22.6 Å². The van der Waals surface area contributed by atoms with E-state index in [9.17, 15) is 8.78 Å². The average molecular weight is 403 g/mol. The van der Waals surface area contributed by atoms with Crippen LogP contribution in [-0.4, -0.2) is 24.0 Å². The first-order chi connectivity index (χ1) is 8.52. The minimum atomic E-state index is -0.462. The predicted molar refractivity (Wildman–Crippen MR) is 83.4 cm³/mol. The summed E-state index contributed by atoms with van der Waals surface area (Å²) in [6, 6.07) is 3.13. The Balaban J connectivity index is 0.00000180. The van der Waals surface area contributed by atoms with E-state index >= 15 is 0 Å². The number of hydrogen-bond acceptors (Lipinski definition) is 2. The lowest BCUT2D eigenvalue weighted by molar-refractivity contribution is 0.248. The Morgan fingerprint density at radius 1 is 1.42 bits per heavy atom. The van der Waals surface area contributed by atoms with Crippen LogP contribution in [0.1, 0.15) is 18.9 Å². The van der Waals surface area contributed by atoms with Gasteiger partial charge >= 0.3 is 0 Å². The highest BCUT2D eigenvalue weighted by Gasteiger charge is 2.29. The fraction of sp³-hybridized carbons (Fsp3) is 0.538. The zero-order chi connectivity index (χ0) is 13.3. The molecule has 2 unspecified atom stereocenters. The van der Waals surface area contributed by atoms with Crippen molar-refractivity contribution in [2.75, 3.05) is 13.1 Å². The molecule has 1 heterocycles. The van der Waals surface area contributed by atoms with Gasteiger partial charge < -0.3 is 5.73 Å². The molecular weight excluding hydrogens is 385 g/mol. The van der Waals surface area contributed by atoms with Gasteiger partial charge in [-0.2, -0.15) is 0 Å². The number of benzene rings is 1. The molecule has 2 atom stereocenters. The highest BCUT2D eigenvalue weighted by molar-refractivity contribution is 14.1. The van der Waals surface area contributed by atoms with Crippen molar-refractivity contribution in [2.45, 2.75) is 25.9 Å². The van der Waals surface area contributed by atoms with Crippen LogP contribution in [0.2, 0.25) is 0 Å². The van der Waals surface area contributed by atoms with Crippen molar-refractivity contribution in [1.82, 2.24) is 4.90 Å². The van der Waals surface area contributed by atoms with E-state index in [0.29, 0.717) is 28.6 Å². The molecule has 0 radical (unpaired) electrons. The SMILES string of the molecule is CC1CC(CN)CN1Cc1c(F)ccc(I)c1F.Cl. The van der Waals surface area contributed by atoms with E-state index in [-0.39, 0.29) is 18.0 Å². The summed E-state index contributed by atoms with van der Waals surface area (Å²) in [5.41, 5.74) is 5.83. The second-order valence-electron chi connectivity index (χ2n) is 4.94. The van der Waals surface area contributed by atoms with E-state index in [4.69, 9.17) is 5.73 Å². The minimum absolute atomic E-state index is 0. The maximum atomic E-state index is 13.9. The highest BCUT2D eigenvalue weighted by Crippen LogP contribution is 2.27. The largest absolute Gasteiger partial charge is 0.330 e. The van der Waals surface area contributed by atoms with Gasteiger partial charge in [-0.3, -0.25) is 4.90 Å². The molecule has 0 bridgehead atoms. The standard InChI is InChI=1S/C13H17F2IN2.ClH/c1-8-4-9(5-17)6-18(8)7-10-11(14)2-3-12(16)13(10)15;/h2-3,8-9H,4-7,17H2,1H3;1H. The maximum Gasteiger partial charge on any atom is 0.143 e. The molecule has 1 fully saturated rings. The van der Waals surface area contributed by atoms with Crippen molar-refractivity contribution in [1.29, 1.82) is 0 Å². The predicted octanol–water partition coefficient (Wildman–Crippen LogP) is 3.16. The fourth-order valence-corrected chi connectivity index (χ4v) is 3.03. The zero-order valence-corrected chi connectivity index (χ0v) is 13.7. The molecule has 19 heavy (non-hydrogen) atoms. The van der Waals surface area contributed by atoms with E-state index in [2.05, 4.69) is 11.8 Å². The molecule has 1 saturated heterocycles. The average Bonchev–Trinajstić information content (AvgIpc) is 2.70. The lowest BCUT2D eigenvalue weighted by Crippen LogP contribution is -2.28. The van der Waals surface area contributed by atoms with E-state index in [1.54, 1.807) is 0 Å². The lowest BCUT2D eigenvalue weighted by atomic mass is 10.1. The molecule has 1 aliphatic heterocycles. The van der Waals surface area contributed by atoms with Crippen LogP contribution in [0.4, 0.5) is 8.78 Å². The summed E-state index contributed by atoms with van der Waals surface area (Å²) in [7, 11) is 0. The number of nitrogens with zero attached hydrogens (tertiary/aromatic N) is 1. The molecule has 2 N–H and O–H groups in total. The molecular formula is C13H18ClF2IN2. The quantitative estimate of drug-likeness (QED) is 0.622. The van der Waals surface area contributed by atoms with Gasteiger partial charge in [-0.15, -0.1) is 12.4 Å². The first-order valence-electron chi connectivity index (χ1n) is 6.09. The Hall–Kier alpha value is 0.0200. The van der Waals surface area contributed by atoms with Crippen LogP contribution in [0.3, 0.4) is 0 Å². The van der Waals surface area contributed by atoms with Gasteiger partial charge in [0.25, 0.3) is 0 Å². The van der Waals surface area contributed by atoms with Crippen LogP contribution in [0.15, 0.2) is 12.1 Å². The van der Waals surface area contributed by atoms with E-state index < -0.39 is 11.6 Å². The fourth-order valence-electron chi connectivity index (χ4n) is 2.53. The number of likely N-dealkylation sites (tertiary alicyclic amines) is 1. The highest BCUT2D eigenvalue weighted by atomic mass is 127. The summed E-state index contributed by atoms with van der Waals surface area (Å²) in [4.78, 5) is 2.11. The van der Waals surface area contributed by atoms with Gasteiger partial charge in [-0.05, 0) is 60.5 Å². The molecule has 108 valence electrons. The summed E-state index contributed by atoms with van der Waals surface area (Å²) in [6.07, 6.45) is 1.00. The van der Waals surface area contributed by atoms with Crippen molar-refractivity contribution in [3.8, 4) is 0 Å². The number of nitrogens with two attached hydrogens (primary N) is 1. The molecule has 0 amide bonds. The Labute approximate surface area is 132 Å². The number of rotatable bonds is 3. The third-order valence-corrected chi connectivity index (χ3v) is 4.46. The maximum absolute atomic E-state index is 13.9. The third kappa shape index (κ3) is 3.77. The monoisotopic (exact) mass is 402 g/mol. The summed E-state index contributed by atoms with van der Waals surface area (Å²) < 4.78 is 28.1. The molecule has 0 aliphatic carbocycles. The van der Waals surface area contributed by atoms with E-state index in [0.717, 1.165) is 13.0 Å².